The molecular weight excluding hydrogens is 346 g/mol. The second-order valence-corrected chi connectivity index (χ2v) is 6.56. The molecule has 0 radical (unpaired) electrons. The average Bonchev–Trinajstić information content (AvgIpc) is 2.85. The molecule has 0 unspecified atom stereocenters. The maximum absolute atomic E-state index is 12.8. The molecule has 3 rings (SSSR count). The molecule has 3 aromatic rings. The third kappa shape index (κ3) is 3.40. The summed E-state index contributed by atoms with van der Waals surface area (Å²) in [6, 6.07) is 10.5. The van der Waals surface area contributed by atoms with E-state index in [1.54, 1.807) is 55.1 Å². The van der Waals surface area contributed by atoms with Gasteiger partial charge < -0.3 is 14.8 Å². The van der Waals surface area contributed by atoms with E-state index in [1.165, 1.54) is 11.7 Å². The number of nitrogens with zero attached hydrogens (tertiary/aromatic N) is 2. The van der Waals surface area contributed by atoms with Crippen molar-refractivity contribution in [2.45, 2.75) is 20.0 Å². The van der Waals surface area contributed by atoms with Crippen LogP contribution in [0.4, 0.5) is 5.69 Å². The predicted octanol–water partition coefficient (Wildman–Crippen LogP) is 2.93. The summed E-state index contributed by atoms with van der Waals surface area (Å²) >= 11 is 0. The highest BCUT2D eigenvalue weighted by Gasteiger charge is 2.18. The van der Waals surface area contributed by atoms with E-state index in [1.807, 2.05) is 13.8 Å². The Balaban J connectivity index is 2.10. The molecule has 0 saturated heterocycles. The Morgan fingerprint density at radius 3 is 2.30 bits per heavy atom. The van der Waals surface area contributed by atoms with Gasteiger partial charge >= 0.3 is 5.69 Å². The number of aryl methyl sites for hydroxylation is 2. The van der Waals surface area contributed by atoms with Crippen LogP contribution in [0.3, 0.4) is 0 Å². The number of aromatic nitrogens is 2. The van der Waals surface area contributed by atoms with E-state index < -0.39 is 0 Å². The SMILES string of the molecule is COc1ccccc1C(=O)Nc1cc2c(cc1OC(C)C)n(C)c(=O)n2C. The summed E-state index contributed by atoms with van der Waals surface area (Å²) in [5.74, 6) is 0.665. The lowest BCUT2D eigenvalue weighted by Crippen LogP contribution is -2.19. The molecule has 0 aliphatic carbocycles. The van der Waals surface area contributed by atoms with E-state index >= 15 is 0 Å². The standard InChI is InChI=1S/C20H23N3O4/c1-12(2)27-18-11-16-15(22(3)20(25)23(16)4)10-14(18)21-19(24)13-8-6-7-9-17(13)26-5/h6-12H,1-5H3,(H,21,24). The number of nitrogens with one attached hydrogen (secondary N) is 1. The minimum Gasteiger partial charge on any atom is -0.496 e. The molecular formula is C20H23N3O4. The number of imidazole rings is 1. The van der Waals surface area contributed by atoms with Crippen LogP contribution in [0.15, 0.2) is 41.2 Å². The summed E-state index contributed by atoms with van der Waals surface area (Å²) in [7, 11) is 4.92. The van der Waals surface area contributed by atoms with Crippen LogP contribution in [-0.2, 0) is 14.1 Å². The summed E-state index contributed by atoms with van der Waals surface area (Å²) in [4.78, 5) is 25.0. The van der Waals surface area contributed by atoms with E-state index in [-0.39, 0.29) is 17.7 Å². The van der Waals surface area contributed by atoms with Gasteiger partial charge in [0.1, 0.15) is 11.5 Å². The maximum atomic E-state index is 12.8. The summed E-state index contributed by atoms with van der Waals surface area (Å²) < 4.78 is 14.2. The van der Waals surface area contributed by atoms with Crippen molar-refractivity contribution >= 4 is 22.6 Å². The number of benzene rings is 2. The summed E-state index contributed by atoms with van der Waals surface area (Å²) in [5, 5.41) is 2.89. The Kier molecular flexibility index (Phi) is 4.94. The van der Waals surface area contributed by atoms with Gasteiger partial charge in [0.05, 0.1) is 35.5 Å². The van der Waals surface area contributed by atoms with Gasteiger partial charge in [0, 0.05) is 20.2 Å². The summed E-state index contributed by atoms with van der Waals surface area (Å²) in [6.07, 6.45) is -0.0925. The van der Waals surface area contributed by atoms with Crippen LogP contribution in [0, 0.1) is 0 Å². The molecule has 0 spiro atoms. The number of amides is 1. The molecule has 1 heterocycles. The van der Waals surface area contributed by atoms with Crippen molar-refractivity contribution in [1.29, 1.82) is 0 Å². The van der Waals surface area contributed by atoms with Crippen molar-refractivity contribution in [3.8, 4) is 11.5 Å². The fourth-order valence-electron chi connectivity index (χ4n) is 3.00. The van der Waals surface area contributed by atoms with E-state index in [9.17, 15) is 9.59 Å². The third-order valence-electron chi connectivity index (χ3n) is 4.34. The summed E-state index contributed by atoms with van der Waals surface area (Å²) in [6.45, 7) is 3.81. The highest BCUT2D eigenvalue weighted by Crippen LogP contribution is 2.32. The lowest BCUT2D eigenvalue weighted by atomic mass is 10.1. The first-order valence-electron chi connectivity index (χ1n) is 8.64. The number of anilines is 1. The number of hydrogen-bond donors (Lipinski definition) is 1. The van der Waals surface area contributed by atoms with Gasteiger partial charge in [0.25, 0.3) is 5.91 Å². The highest BCUT2D eigenvalue weighted by atomic mass is 16.5. The lowest BCUT2D eigenvalue weighted by Gasteiger charge is -2.16. The van der Waals surface area contributed by atoms with Crippen molar-refractivity contribution < 1.29 is 14.3 Å². The number of ether oxygens (including phenoxy) is 2. The molecule has 0 bridgehead atoms. The number of carbonyl (C=O) groups excluding carboxylic acids is 1. The molecule has 7 heteroatoms. The molecule has 1 N–H and O–H groups in total. The number of fused-ring (bicyclic) bond motifs is 1. The van der Waals surface area contributed by atoms with Gasteiger partial charge in [-0.3, -0.25) is 13.9 Å². The van der Waals surface area contributed by atoms with E-state index in [0.29, 0.717) is 28.3 Å². The highest BCUT2D eigenvalue weighted by molar-refractivity contribution is 6.07. The van der Waals surface area contributed by atoms with Crippen molar-refractivity contribution in [2.24, 2.45) is 14.1 Å². The third-order valence-corrected chi connectivity index (χ3v) is 4.34. The zero-order valence-corrected chi connectivity index (χ0v) is 16.1. The van der Waals surface area contributed by atoms with Crippen LogP contribution in [-0.4, -0.2) is 28.3 Å². The monoisotopic (exact) mass is 369 g/mol. The molecule has 2 aromatic carbocycles. The van der Waals surface area contributed by atoms with E-state index in [4.69, 9.17) is 9.47 Å². The van der Waals surface area contributed by atoms with Crippen molar-refractivity contribution in [3.63, 3.8) is 0 Å². The molecule has 1 aromatic heterocycles. The normalized spacial score (nSPS) is 11.0. The Morgan fingerprint density at radius 2 is 1.67 bits per heavy atom. The van der Waals surface area contributed by atoms with Gasteiger partial charge in [-0.1, -0.05) is 12.1 Å². The maximum Gasteiger partial charge on any atom is 0.328 e. The molecule has 142 valence electrons. The van der Waals surface area contributed by atoms with Crippen LogP contribution in [0.2, 0.25) is 0 Å². The van der Waals surface area contributed by atoms with Crippen LogP contribution in [0.5, 0.6) is 11.5 Å². The Labute approximate surface area is 157 Å². The number of para-hydroxylation sites is 1. The molecule has 0 aliphatic rings. The molecule has 7 nitrogen and oxygen atoms in total. The minimum atomic E-state index is -0.318. The zero-order chi connectivity index (χ0) is 19.7. The van der Waals surface area contributed by atoms with Crippen LogP contribution >= 0.6 is 0 Å². The van der Waals surface area contributed by atoms with Gasteiger partial charge in [-0.05, 0) is 32.0 Å². The van der Waals surface area contributed by atoms with E-state index in [2.05, 4.69) is 5.32 Å². The first-order chi connectivity index (χ1) is 12.8. The van der Waals surface area contributed by atoms with Gasteiger partial charge in [-0.25, -0.2) is 4.79 Å². The van der Waals surface area contributed by atoms with Crippen molar-refractivity contribution in [1.82, 2.24) is 9.13 Å². The molecule has 1 amide bonds. The fraction of sp³-hybridized carbons (Fsp3) is 0.300. The molecule has 0 saturated carbocycles. The second-order valence-electron chi connectivity index (χ2n) is 6.56. The molecule has 0 atom stereocenters. The predicted molar refractivity (Wildman–Crippen MR) is 105 cm³/mol. The molecule has 0 aliphatic heterocycles. The quantitative estimate of drug-likeness (QED) is 0.750. The smallest absolute Gasteiger partial charge is 0.328 e. The van der Waals surface area contributed by atoms with Gasteiger partial charge in [0.2, 0.25) is 0 Å². The fourth-order valence-corrected chi connectivity index (χ4v) is 3.00. The van der Waals surface area contributed by atoms with Gasteiger partial charge in [-0.2, -0.15) is 0 Å². The van der Waals surface area contributed by atoms with Gasteiger partial charge in [0.15, 0.2) is 0 Å². The number of methoxy groups -OCH3 is 1. The Hall–Kier alpha value is -3.22. The topological polar surface area (TPSA) is 74.5 Å². The zero-order valence-electron chi connectivity index (χ0n) is 16.1. The number of carbonyl (C=O) groups is 1. The average molecular weight is 369 g/mol. The number of hydrogen-bond acceptors (Lipinski definition) is 4. The first-order valence-corrected chi connectivity index (χ1v) is 8.64. The van der Waals surface area contributed by atoms with Gasteiger partial charge in [-0.15, -0.1) is 0 Å². The lowest BCUT2D eigenvalue weighted by molar-refractivity contribution is 0.102. The molecule has 0 fully saturated rings. The van der Waals surface area contributed by atoms with Crippen molar-refractivity contribution in [3.05, 3.63) is 52.4 Å². The largest absolute Gasteiger partial charge is 0.496 e. The van der Waals surface area contributed by atoms with E-state index in [0.717, 1.165) is 5.52 Å². The van der Waals surface area contributed by atoms with Crippen LogP contribution in [0.25, 0.3) is 11.0 Å². The minimum absolute atomic E-state index is 0.0925. The second kappa shape index (κ2) is 7.19. The summed E-state index contributed by atoms with van der Waals surface area (Å²) in [5.41, 5.74) is 2.20. The van der Waals surface area contributed by atoms with Crippen molar-refractivity contribution in [2.75, 3.05) is 12.4 Å². The van der Waals surface area contributed by atoms with Crippen LogP contribution < -0.4 is 20.5 Å². The Bertz CT molecular complexity index is 1060. The number of rotatable bonds is 5. The molecule has 27 heavy (non-hydrogen) atoms. The first kappa shape index (κ1) is 18.6. The van der Waals surface area contributed by atoms with Crippen LogP contribution in [0.1, 0.15) is 24.2 Å². The Morgan fingerprint density at radius 1 is 1.04 bits per heavy atom.